The largest absolute Gasteiger partial charge is 0.384 e. The SMILES string of the molecule is CN(C)CC1=CC=CC1CN(CCCCCCNc1ccnc2cc(Cl)ccc12)C(=O)NCc1ccccc1. The summed E-state index contributed by atoms with van der Waals surface area (Å²) in [5.41, 5.74) is 4.46. The molecule has 206 valence electrons. The summed E-state index contributed by atoms with van der Waals surface area (Å²) in [5, 5.41) is 8.47. The number of benzene rings is 2. The Kier molecular flexibility index (Phi) is 10.8. The Morgan fingerprint density at radius 2 is 1.85 bits per heavy atom. The standard InChI is InChI=1S/C32H40ClN5O/c1-37(2)23-26-13-10-14-27(26)24-38(32(39)36-22-25-11-6-5-7-12-25)20-9-4-3-8-18-34-30-17-19-35-31-21-28(33)15-16-29(30)31/h5-7,10-17,19,21,27H,3-4,8-9,18,20,22-24H2,1-2H3,(H,34,35)(H,36,39). The van der Waals surface area contributed by atoms with Crippen molar-refractivity contribution in [3.05, 3.63) is 95.2 Å². The van der Waals surface area contributed by atoms with E-state index in [0.717, 1.165) is 67.5 Å². The Bertz CT molecular complexity index is 1270. The molecule has 7 heteroatoms. The number of hydrogen-bond acceptors (Lipinski definition) is 4. The van der Waals surface area contributed by atoms with Crippen LogP contribution in [0.15, 0.2) is 84.6 Å². The number of urea groups is 1. The van der Waals surface area contributed by atoms with Gasteiger partial charge in [-0.1, -0.05) is 73.0 Å². The molecule has 6 nitrogen and oxygen atoms in total. The molecule has 3 aromatic rings. The zero-order chi connectivity index (χ0) is 27.5. The summed E-state index contributed by atoms with van der Waals surface area (Å²) < 4.78 is 0. The number of halogens is 1. The van der Waals surface area contributed by atoms with E-state index in [9.17, 15) is 4.79 Å². The summed E-state index contributed by atoms with van der Waals surface area (Å²) >= 11 is 6.11. The zero-order valence-corrected chi connectivity index (χ0v) is 23.8. The molecule has 39 heavy (non-hydrogen) atoms. The summed E-state index contributed by atoms with van der Waals surface area (Å²) in [4.78, 5) is 21.8. The fourth-order valence-electron chi connectivity index (χ4n) is 4.95. The summed E-state index contributed by atoms with van der Waals surface area (Å²) in [6.45, 7) is 3.80. The minimum absolute atomic E-state index is 0.00897. The van der Waals surface area contributed by atoms with E-state index in [4.69, 9.17) is 11.6 Å². The lowest BCUT2D eigenvalue weighted by atomic mass is 10.0. The summed E-state index contributed by atoms with van der Waals surface area (Å²) in [6.07, 6.45) is 12.6. The van der Waals surface area contributed by atoms with Crippen LogP contribution in [-0.2, 0) is 6.54 Å². The Morgan fingerprint density at radius 1 is 1.03 bits per heavy atom. The van der Waals surface area contributed by atoms with Crippen LogP contribution < -0.4 is 10.6 Å². The molecular formula is C32H40ClN5O. The average Bonchev–Trinajstić information content (AvgIpc) is 3.36. The summed E-state index contributed by atoms with van der Waals surface area (Å²) in [6, 6.07) is 17.9. The van der Waals surface area contributed by atoms with Crippen LogP contribution in [0.5, 0.6) is 0 Å². The van der Waals surface area contributed by atoms with Crippen molar-refractivity contribution >= 4 is 34.2 Å². The molecular weight excluding hydrogens is 506 g/mol. The third kappa shape index (κ3) is 8.84. The maximum atomic E-state index is 13.2. The predicted molar refractivity (Wildman–Crippen MR) is 163 cm³/mol. The first-order valence-electron chi connectivity index (χ1n) is 13.9. The molecule has 0 bridgehead atoms. The number of allylic oxidation sites excluding steroid dienone is 2. The molecule has 2 aromatic carbocycles. The number of likely N-dealkylation sites (N-methyl/N-ethyl adjacent to an activating group) is 1. The molecule has 0 saturated heterocycles. The number of amides is 2. The van der Waals surface area contributed by atoms with Gasteiger partial charge in [0, 0.05) is 60.9 Å². The first kappa shape index (κ1) is 28.7. The first-order chi connectivity index (χ1) is 19.0. The molecule has 1 aromatic heterocycles. The van der Waals surface area contributed by atoms with Gasteiger partial charge in [-0.3, -0.25) is 4.98 Å². The molecule has 1 atom stereocenters. The number of aromatic nitrogens is 1. The molecule has 1 aliphatic carbocycles. The van der Waals surface area contributed by atoms with Gasteiger partial charge in [0.25, 0.3) is 0 Å². The molecule has 4 rings (SSSR count). The molecule has 1 aliphatic rings. The number of nitrogens with one attached hydrogen (secondary N) is 2. The van der Waals surface area contributed by atoms with Crippen molar-refractivity contribution in [1.29, 1.82) is 0 Å². The van der Waals surface area contributed by atoms with Gasteiger partial charge in [-0.2, -0.15) is 0 Å². The van der Waals surface area contributed by atoms with Crippen molar-refractivity contribution in [3.8, 4) is 0 Å². The van der Waals surface area contributed by atoms with Crippen LogP contribution in [0.3, 0.4) is 0 Å². The lowest BCUT2D eigenvalue weighted by molar-refractivity contribution is 0.192. The number of pyridine rings is 1. The van der Waals surface area contributed by atoms with E-state index in [1.54, 1.807) is 0 Å². The van der Waals surface area contributed by atoms with E-state index >= 15 is 0 Å². The second kappa shape index (κ2) is 14.7. The van der Waals surface area contributed by atoms with E-state index in [2.05, 4.69) is 52.8 Å². The molecule has 2 amide bonds. The first-order valence-corrected chi connectivity index (χ1v) is 14.2. The lowest BCUT2D eigenvalue weighted by Gasteiger charge is -2.28. The molecule has 0 spiro atoms. The molecule has 0 fully saturated rings. The van der Waals surface area contributed by atoms with Crippen LogP contribution in [0.4, 0.5) is 10.5 Å². The molecule has 0 radical (unpaired) electrons. The highest BCUT2D eigenvalue weighted by atomic mass is 35.5. The van der Waals surface area contributed by atoms with Crippen LogP contribution in [-0.4, -0.2) is 61.1 Å². The maximum absolute atomic E-state index is 13.2. The normalized spacial score (nSPS) is 14.6. The smallest absolute Gasteiger partial charge is 0.317 e. The lowest BCUT2D eigenvalue weighted by Crippen LogP contribution is -2.43. The van der Waals surface area contributed by atoms with E-state index < -0.39 is 0 Å². The highest BCUT2D eigenvalue weighted by Crippen LogP contribution is 2.25. The number of rotatable bonds is 14. The van der Waals surface area contributed by atoms with Crippen molar-refractivity contribution in [2.45, 2.75) is 32.2 Å². The molecule has 1 unspecified atom stereocenters. The van der Waals surface area contributed by atoms with Crippen LogP contribution >= 0.6 is 11.6 Å². The Morgan fingerprint density at radius 3 is 2.67 bits per heavy atom. The fourth-order valence-corrected chi connectivity index (χ4v) is 5.12. The number of unbranched alkanes of at least 4 members (excludes halogenated alkanes) is 3. The predicted octanol–water partition coefficient (Wildman–Crippen LogP) is 6.75. The Balaban J connectivity index is 1.24. The monoisotopic (exact) mass is 545 g/mol. The maximum Gasteiger partial charge on any atom is 0.317 e. The van der Waals surface area contributed by atoms with Crippen LogP contribution in [0, 0.1) is 5.92 Å². The Hall–Kier alpha value is -3.35. The highest BCUT2D eigenvalue weighted by molar-refractivity contribution is 6.31. The van der Waals surface area contributed by atoms with Crippen molar-refractivity contribution in [1.82, 2.24) is 20.1 Å². The van der Waals surface area contributed by atoms with Gasteiger partial charge in [0.1, 0.15) is 0 Å². The van der Waals surface area contributed by atoms with Crippen molar-refractivity contribution < 1.29 is 4.79 Å². The van der Waals surface area contributed by atoms with Gasteiger partial charge < -0.3 is 20.4 Å². The minimum Gasteiger partial charge on any atom is -0.384 e. The van der Waals surface area contributed by atoms with E-state index in [-0.39, 0.29) is 11.9 Å². The second-order valence-electron chi connectivity index (χ2n) is 10.4. The van der Waals surface area contributed by atoms with Crippen LogP contribution in [0.2, 0.25) is 5.02 Å². The minimum atomic E-state index is 0.00897. The third-order valence-corrected chi connectivity index (χ3v) is 7.23. The summed E-state index contributed by atoms with van der Waals surface area (Å²) in [7, 11) is 4.17. The number of hydrogen-bond donors (Lipinski definition) is 2. The van der Waals surface area contributed by atoms with E-state index in [1.807, 2.05) is 65.7 Å². The van der Waals surface area contributed by atoms with Gasteiger partial charge in [0.05, 0.1) is 5.52 Å². The quantitative estimate of drug-likeness (QED) is 0.220. The van der Waals surface area contributed by atoms with Gasteiger partial charge in [0.15, 0.2) is 0 Å². The topological polar surface area (TPSA) is 60.5 Å². The molecule has 0 saturated carbocycles. The number of anilines is 1. The van der Waals surface area contributed by atoms with E-state index in [0.29, 0.717) is 18.1 Å². The average molecular weight is 546 g/mol. The molecule has 1 heterocycles. The highest BCUT2D eigenvalue weighted by Gasteiger charge is 2.22. The van der Waals surface area contributed by atoms with Gasteiger partial charge in [-0.05, 0) is 62.3 Å². The van der Waals surface area contributed by atoms with Crippen LogP contribution in [0.25, 0.3) is 10.9 Å². The fraction of sp³-hybridized carbons (Fsp3) is 0.375. The molecule has 0 aliphatic heterocycles. The van der Waals surface area contributed by atoms with Gasteiger partial charge >= 0.3 is 6.03 Å². The zero-order valence-electron chi connectivity index (χ0n) is 23.1. The number of carbonyl (C=O) groups is 1. The second-order valence-corrected chi connectivity index (χ2v) is 10.9. The number of nitrogens with zero attached hydrogens (tertiary/aromatic N) is 3. The number of fused-ring (bicyclic) bond motifs is 1. The third-order valence-electron chi connectivity index (χ3n) is 6.99. The van der Waals surface area contributed by atoms with Gasteiger partial charge in [0.2, 0.25) is 0 Å². The van der Waals surface area contributed by atoms with Crippen molar-refractivity contribution in [3.63, 3.8) is 0 Å². The van der Waals surface area contributed by atoms with Crippen molar-refractivity contribution in [2.24, 2.45) is 5.92 Å². The molecule has 2 N–H and O–H groups in total. The van der Waals surface area contributed by atoms with Gasteiger partial charge in [-0.25, -0.2) is 4.79 Å². The summed E-state index contributed by atoms with van der Waals surface area (Å²) in [5.74, 6) is 0.268. The Labute approximate surface area is 237 Å². The van der Waals surface area contributed by atoms with Crippen LogP contribution in [0.1, 0.15) is 31.2 Å². The van der Waals surface area contributed by atoms with Gasteiger partial charge in [-0.15, -0.1) is 0 Å². The van der Waals surface area contributed by atoms with Crippen molar-refractivity contribution in [2.75, 3.05) is 45.6 Å². The van der Waals surface area contributed by atoms with E-state index in [1.165, 1.54) is 5.57 Å². The number of carbonyl (C=O) groups excluding carboxylic acids is 1.